The number of aryl methyl sites for hydroxylation is 2. The molecule has 0 bridgehead atoms. The number of benzene rings is 1. The fraction of sp³-hybridized carbons (Fsp3) is 0.462. The maximum atomic E-state index is 11.7. The second-order valence-electron chi connectivity index (χ2n) is 5.17. The van der Waals surface area contributed by atoms with Crippen molar-refractivity contribution in [3.8, 4) is 5.75 Å². The molecular weight excluding hydrogens is 216 g/mol. The van der Waals surface area contributed by atoms with E-state index in [1.54, 1.807) is 19.1 Å². The second kappa shape index (κ2) is 4.75. The van der Waals surface area contributed by atoms with Gasteiger partial charge in [-0.3, -0.25) is 4.79 Å². The molecule has 1 rings (SSSR count). The van der Waals surface area contributed by atoms with E-state index in [-0.39, 0.29) is 18.1 Å². The molecule has 4 heteroatoms. The van der Waals surface area contributed by atoms with Gasteiger partial charge in [-0.05, 0) is 51.0 Å². The monoisotopic (exact) mass is 236 g/mol. The minimum atomic E-state index is -0.524. The van der Waals surface area contributed by atoms with Crippen molar-refractivity contribution in [3.63, 3.8) is 0 Å². The molecule has 1 amide bonds. The quantitative estimate of drug-likeness (QED) is 0.703. The average molecular weight is 236 g/mol. The summed E-state index contributed by atoms with van der Waals surface area (Å²) < 4.78 is 0. The van der Waals surface area contributed by atoms with Crippen LogP contribution in [0.1, 0.15) is 31.4 Å². The summed E-state index contributed by atoms with van der Waals surface area (Å²) in [6.07, 6.45) is 0.256. The zero-order valence-electron chi connectivity index (χ0n) is 10.8. The lowest BCUT2D eigenvalue weighted by Gasteiger charge is -2.18. The fourth-order valence-corrected chi connectivity index (χ4v) is 1.54. The number of hydrogen-bond acceptors (Lipinski definition) is 3. The Kier molecular flexibility index (Phi) is 3.78. The molecule has 4 N–H and O–H groups in total. The molecule has 0 aliphatic carbocycles. The molecule has 0 heterocycles. The number of phenols is 1. The third-order valence-corrected chi connectivity index (χ3v) is 2.43. The minimum Gasteiger partial charge on any atom is -0.508 e. The number of nitrogens with two attached hydrogens (primary N) is 1. The van der Waals surface area contributed by atoms with E-state index in [1.165, 1.54) is 0 Å². The summed E-state index contributed by atoms with van der Waals surface area (Å²) in [6.45, 7) is 7.24. The van der Waals surface area contributed by atoms with Crippen molar-refractivity contribution >= 4 is 11.6 Å². The van der Waals surface area contributed by atoms with Crippen LogP contribution in [0.2, 0.25) is 0 Å². The number of carbonyl (C=O) groups excluding carboxylic acids is 1. The van der Waals surface area contributed by atoms with Gasteiger partial charge in [-0.25, -0.2) is 0 Å². The van der Waals surface area contributed by atoms with Gasteiger partial charge >= 0.3 is 0 Å². The molecule has 0 spiro atoms. The predicted molar refractivity (Wildman–Crippen MR) is 69.1 cm³/mol. The highest BCUT2D eigenvalue weighted by molar-refractivity contribution is 5.92. The van der Waals surface area contributed by atoms with Crippen LogP contribution in [-0.4, -0.2) is 16.6 Å². The third-order valence-electron chi connectivity index (χ3n) is 2.43. The van der Waals surface area contributed by atoms with Crippen LogP contribution in [0.25, 0.3) is 0 Å². The van der Waals surface area contributed by atoms with Crippen LogP contribution in [0, 0.1) is 13.8 Å². The number of phenolic OH excluding ortho intramolecular Hbond substituents is 1. The van der Waals surface area contributed by atoms with Gasteiger partial charge in [0.15, 0.2) is 0 Å². The SMILES string of the molecule is Cc1cc(NC(=O)CC(C)(C)N)c(C)cc1O. The Morgan fingerprint density at radius 2 is 1.94 bits per heavy atom. The van der Waals surface area contributed by atoms with Crippen molar-refractivity contribution in [2.24, 2.45) is 5.73 Å². The van der Waals surface area contributed by atoms with E-state index in [1.807, 2.05) is 20.8 Å². The van der Waals surface area contributed by atoms with Crippen LogP contribution >= 0.6 is 0 Å². The summed E-state index contributed by atoms with van der Waals surface area (Å²) in [5.41, 5.74) is 7.54. The van der Waals surface area contributed by atoms with Crippen molar-refractivity contribution < 1.29 is 9.90 Å². The van der Waals surface area contributed by atoms with Crippen LogP contribution in [-0.2, 0) is 4.79 Å². The fourth-order valence-electron chi connectivity index (χ4n) is 1.54. The van der Waals surface area contributed by atoms with E-state index in [2.05, 4.69) is 5.32 Å². The standard InChI is InChI=1S/C13H20N2O2/c1-8-6-11(16)9(2)5-10(8)15-12(17)7-13(3,4)14/h5-6,16H,7,14H2,1-4H3,(H,15,17). The number of aromatic hydroxyl groups is 1. The van der Waals surface area contributed by atoms with E-state index in [0.29, 0.717) is 0 Å². The Morgan fingerprint density at radius 3 is 2.47 bits per heavy atom. The summed E-state index contributed by atoms with van der Waals surface area (Å²) in [7, 11) is 0. The first-order valence-electron chi connectivity index (χ1n) is 5.58. The van der Waals surface area contributed by atoms with E-state index < -0.39 is 5.54 Å². The van der Waals surface area contributed by atoms with Gasteiger partial charge in [0, 0.05) is 17.6 Å². The summed E-state index contributed by atoms with van der Waals surface area (Å²) in [4.78, 5) is 11.7. The second-order valence-corrected chi connectivity index (χ2v) is 5.17. The molecule has 0 aromatic heterocycles. The number of nitrogens with one attached hydrogen (secondary N) is 1. The van der Waals surface area contributed by atoms with Gasteiger partial charge in [0.2, 0.25) is 5.91 Å². The highest BCUT2D eigenvalue weighted by Gasteiger charge is 2.17. The highest BCUT2D eigenvalue weighted by atomic mass is 16.3. The zero-order valence-corrected chi connectivity index (χ0v) is 10.8. The molecule has 0 aliphatic heterocycles. The van der Waals surface area contributed by atoms with Crippen LogP contribution < -0.4 is 11.1 Å². The van der Waals surface area contributed by atoms with Crippen molar-refractivity contribution in [2.75, 3.05) is 5.32 Å². The van der Waals surface area contributed by atoms with Gasteiger partial charge in [-0.1, -0.05) is 0 Å². The minimum absolute atomic E-state index is 0.120. The maximum absolute atomic E-state index is 11.7. The summed E-state index contributed by atoms with van der Waals surface area (Å²) in [5.74, 6) is 0.116. The summed E-state index contributed by atoms with van der Waals surface area (Å²) in [6, 6.07) is 3.39. The molecule has 0 atom stereocenters. The lowest BCUT2D eigenvalue weighted by Crippen LogP contribution is -2.36. The topological polar surface area (TPSA) is 75.4 Å². The lowest BCUT2D eigenvalue weighted by atomic mass is 10.0. The Morgan fingerprint density at radius 1 is 1.35 bits per heavy atom. The first-order valence-corrected chi connectivity index (χ1v) is 5.58. The molecule has 94 valence electrons. The van der Waals surface area contributed by atoms with E-state index >= 15 is 0 Å². The molecule has 4 nitrogen and oxygen atoms in total. The van der Waals surface area contributed by atoms with Crippen molar-refractivity contribution in [3.05, 3.63) is 23.3 Å². The first-order chi connectivity index (χ1) is 7.69. The molecular formula is C13H20N2O2. The largest absolute Gasteiger partial charge is 0.508 e. The van der Waals surface area contributed by atoms with Gasteiger partial charge in [-0.15, -0.1) is 0 Å². The van der Waals surface area contributed by atoms with Gasteiger partial charge in [0.05, 0.1) is 0 Å². The number of rotatable bonds is 3. The smallest absolute Gasteiger partial charge is 0.226 e. The molecule has 0 aliphatic rings. The zero-order chi connectivity index (χ0) is 13.2. The van der Waals surface area contributed by atoms with E-state index in [9.17, 15) is 9.90 Å². The maximum Gasteiger partial charge on any atom is 0.226 e. The Balaban J connectivity index is 2.82. The summed E-state index contributed by atoms with van der Waals surface area (Å²) in [5, 5.41) is 12.3. The number of carbonyl (C=O) groups is 1. The van der Waals surface area contributed by atoms with Gasteiger partial charge < -0.3 is 16.2 Å². The average Bonchev–Trinajstić information content (AvgIpc) is 2.11. The third kappa shape index (κ3) is 4.07. The lowest BCUT2D eigenvalue weighted by molar-refractivity contribution is -0.117. The van der Waals surface area contributed by atoms with E-state index in [0.717, 1.165) is 16.8 Å². The number of anilines is 1. The van der Waals surface area contributed by atoms with E-state index in [4.69, 9.17) is 5.73 Å². The molecule has 17 heavy (non-hydrogen) atoms. The number of amides is 1. The summed E-state index contributed by atoms with van der Waals surface area (Å²) >= 11 is 0. The molecule has 1 aromatic carbocycles. The van der Waals surface area contributed by atoms with Crippen LogP contribution in [0.4, 0.5) is 5.69 Å². The molecule has 0 saturated carbocycles. The van der Waals surface area contributed by atoms with Crippen LogP contribution in [0.15, 0.2) is 12.1 Å². The Labute approximate surface area is 102 Å². The van der Waals surface area contributed by atoms with Gasteiger partial charge in [0.25, 0.3) is 0 Å². The van der Waals surface area contributed by atoms with Crippen LogP contribution in [0.3, 0.4) is 0 Å². The van der Waals surface area contributed by atoms with Gasteiger partial charge in [0.1, 0.15) is 5.75 Å². The molecule has 1 aromatic rings. The highest BCUT2D eigenvalue weighted by Crippen LogP contribution is 2.25. The molecule has 0 unspecified atom stereocenters. The Hall–Kier alpha value is -1.55. The number of hydrogen-bond donors (Lipinski definition) is 3. The van der Waals surface area contributed by atoms with Crippen molar-refractivity contribution in [2.45, 2.75) is 39.7 Å². The van der Waals surface area contributed by atoms with Crippen molar-refractivity contribution in [1.29, 1.82) is 0 Å². The Bertz CT molecular complexity index is 434. The van der Waals surface area contributed by atoms with Gasteiger partial charge in [-0.2, -0.15) is 0 Å². The molecule has 0 radical (unpaired) electrons. The van der Waals surface area contributed by atoms with Crippen LogP contribution in [0.5, 0.6) is 5.75 Å². The first kappa shape index (κ1) is 13.5. The predicted octanol–water partition coefficient (Wildman–Crippen LogP) is 2.07. The van der Waals surface area contributed by atoms with Crippen molar-refractivity contribution in [1.82, 2.24) is 0 Å². The normalized spacial score (nSPS) is 11.4. The molecule has 0 saturated heterocycles. The molecule has 0 fully saturated rings.